The highest BCUT2D eigenvalue weighted by Crippen LogP contribution is 2.23. The predicted octanol–water partition coefficient (Wildman–Crippen LogP) is 3.25. The summed E-state index contributed by atoms with van der Waals surface area (Å²) in [5.74, 6) is 1.08. The molecule has 1 heteroatoms. The smallest absolute Gasteiger partial charge is 0.0306 e. The highest BCUT2D eigenvalue weighted by atomic mass is 14.6. The van der Waals surface area contributed by atoms with Gasteiger partial charge in [0.2, 0.25) is 0 Å². The van der Waals surface area contributed by atoms with Gasteiger partial charge in [-0.05, 0) is 24.3 Å². The van der Waals surface area contributed by atoms with Crippen molar-refractivity contribution in [3.63, 3.8) is 0 Å². The zero-order chi connectivity index (χ0) is 10.4. The SMILES string of the molecule is C=C/C=C(\C(N)=C/C)C(C)C(C)C. The van der Waals surface area contributed by atoms with Crippen molar-refractivity contribution in [3.05, 3.63) is 36.1 Å². The highest BCUT2D eigenvalue weighted by Gasteiger charge is 2.13. The third kappa shape index (κ3) is 3.49. The van der Waals surface area contributed by atoms with E-state index in [0.717, 1.165) is 5.70 Å². The lowest BCUT2D eigenvalue weighted by atomic mass is 9.88. The van der Waals surface area contributed by atoms with Gasteiger partial charge in [0.15, 0.2) is 0 Å². The molecule has 0 heterocycles. The molecule has 0 aromatic heterocycles. The summed E-state index contributed by atoms with van der Waals surface area (Å²) in [7, 11) is 0. The zero-order valence-electron chi connectivity index (χ0n) is 9.17. The van der Waals surface area contributed by atoms with Crippen LogP contribution in [0.2, 0.25) is 0 Å². The third-order valence-corrected chi connectivity index (χ3v) is 2.43. The van der Waals surface area contributed by atoms with Gasteiger partial charge < -0.3 is 5.73 Å². The van der Waals surface area contributed by atoms with Crippen molar-refractivity contribution in [2.45, 2.75) is 27.7 Å². The first kappa shape index (κ1) is 12.0. The molecule has 13 heavy (non-hydrogen) atoms. The summed E-state index contributed by atoms with van der Waals surface area (Å²) in [6.45, 7) is 12.2. The highest BCUT2D eigenvalue weighted by molar-refractivity contribution is 5.32. The molecule has 0 aromatic rings. The molecule has 0 saturated heterocycles. The molecule has 0 aliphatic rings. The van der Waals surface area contributed by atoms with Gasteiger partial charge in [-0.3, -0.25) is 0 Å². The van der Waals surface area contributed by atoms with E-state index in [9.17, 15) is 0 Å². The largest absolute Gasteiger partial charge is 0.399 e. The molecule has 0 radical (unpaired) electrons. The Balaban J connectivity index is 4.82. The Morgan fingerprint density at radius 2 is 1.85 bits per heavy atom. The minimum atomic E-state index is 0.481. The first-order chi connectivity index (χ1) is 6.04. The Kier molecular flexibility index (Phi) is 5.20. The van der Waals surface area contributed by atoms with Crippen LogP contribution < -0.4 is 5.73 Å². The minimum Gasteiger partial charge on any atom is -0.399 e. The van der Waals surface area contributed by atoms with E-state index in [1.807, 2.05) is 19.1 Å². The first-order valence-electron chi connectivity index (χ1n) is 4.79. The molecular formula is C12H21N. The molecule has 0 spiro atoms. The lowest BCUT2D eigenvalue weighted by molar-refractivity contribution is 0.483. The van der Waals surface area contributed by atoms with Crippen LogP contribution in [0.15, 0.2) is 36.1 Å². The molecular weight excluding hydrogens is 158 g/mol. The molecule has 0 aromatic carbocycles. The molecule has 0 fully saturated rings. The molecule has 2 N–H and O–H groups in total. The van der Waals surface area contributed by atoms with Gasteiger partial charge in [0.1, 0.15) is 0 Å². The fourth-order valence-corrected chi connectivity index (χ4v) is 1.16. The molecule has 0 saturated carbocycles. The fourth-order valence-electron chi connectivity index (χ4n) is 1.16. The van der Waals surface area contributed by atoms with Crippen molar-refractivity contribution in [3.8, 4) is 0 Å². The van der Waals surface area contributed by atoms with Crippen LogP contribution in [0.4, 0.5) is 0 Å². The monoisotopic (exact) mass is 179 g/mol. The summed E-state index contributed by atoms with van der Waals surface area (Å²) >= 11 is 0. The van der Waals surface area contributed by atoms with Crippen molar-refractivity contribution in [2.75, 3.05) is 0 Å². The third-order valence-electron chi connectivity index (χ3n) is 2.43. The predicted molar refractivity (Wildman–Crippen MR) is 60.2 cm³/mol. The summed E-state index contributed by atoms with van der Waals surface area (Å²) in [5, 5.41) is 0. The first-order valence-corrected chi connectivity index (χ1v) is 4.79. The van der Waals surface area contributed by atoms with E-state index in [4.69, 9.17) is 5.73 Å². The van der Waals surface area contributed by atoms with E-state index in [-0.39, 0.29) is 0 Å². The molecule has 74 valence electrons. The van der Waals surface area contributed by atoms with E-state index in [2.05, 4.69) is 27.4 Å². The lowest BCUT2D eigenvalue weighted by Gasteiger charge is -2.19. The Morgan fingerprint density at radius 3 is 2.15 bits per heavy atom. The van der Waals surface area contributed by atoms with Crippen LogP contribution in [-0.2, 0) is 0 Å². The molecule has 0 aliphatic heterocycles. The van der Waals surface area contributed by atoms with Crippen LogP contribution in [0.25, 0.3) is 0 Å². The van der Waals surface area contributed by atoms with Crippen LogP contribution in [0.1, 0.15) is 27.7 Å². The van der Waals surface area contributed by atoms with Crippen molar-refractivity contribution in [2.24, 2.45) is 17.6 Å². The molecule has 0 bridgehead atoms. The zero-order valence-corrected chi connectivity index (χ0v) is 9.17. The van der Waals surface area contributed by atoms with Gasteiger partial charge >= 0.3 is 0 Å². The van der Waals surface area contributed by atoms with Crippen LogP contribution in [0.5, 0.6) is 0 Å². The van der Waals surface area contributed by atoms with E-state index < -0.39 is 0 Å². The van der Waals surface area contributed by atoms with E-state index in [1.54, 1.807) is 6.08 Å². The van der Waals surface area contributed by atoms with Crippen molar-refractivity contribution >= 4 is 0 Å². The Bertz CT molecular complexity index is 221. The molecule has 1 atom stereocenters. The van der Waals surface area contributed by atoms with Gasteiger partial charge in [0, 0.05) is 5.70 Å². The number of allylic oxidation sites excluding steroid dienone is 4. The van der Waals surface area contributed by atoms with Crippen molar-refractivity contribution < 1.29 is 0 Å². The lowest BCUT2D eigenvalue weighted by Crippen LogP contribution is -2.13. The van der Waals surface area contributed by atoms with E-state index in [1.165, 1.54) is 5.57 Å². The normalized spacial score (nSPS) is 16.1. The minimum absolute atomic E-state index is 0.481. The number of hydrogen-bond acceptors (Lipinski definition) is 1. The quantitative estimate of drug-likeness (QED) is 0.659. The van der Waals surface area contributed by atoms with Gasteiger partial charge in [0.05, 0.1) is 0 Å². The molecule has 0 rings (SSSR count). The summed E-state index contributed by atoms with van der Waals surface area (Å²) in [5.41, 5.74) is 7.94. The van der Waals surface area contributed by atoms with E-state index in [0.29, 0.717) is 11.8 Å². The summed E-state index contributed by atoms with van der Waals surface area (Å²) in [6.07, 6.45) is 5.73. The fraction of sp³-hybridized carbons (Fsp3) is 0.500. The summed E-state index contributed by atoms with van der Waals surface area (Å²) < 4.78 is 0. The second-order valence-corrected chi connectivity index (χ2v) is 3.63. The Hall–Kier alpha value is -0.980. The van der Waals surface area contributed by atoms with Gasteiger partial charge in [-0.2, -0.15) is 0 Å². The maximum absolute atomic E-state index is 5.89. The molecule has 0 aliphatic carbocycles. The van der Waals surface area contributed by atoms with Gasteiger partial charge in [0.25, 0.3) is 0 Å². The standard InChI is InChI=1S/C12H21N/c1-6-8-11(12(13)7-2)10(5)9(3)4/h6-10H,1,13H2,2-5H3/b11-8-,12-7+. The van der Waals surface area contributed by atoms with Gasteiger partial charge in [-0.25, -0.2) is 0 Å². The number of hydrogen-bond donors (Lipinski definition) is 1. The summed E-state index contributed by atoms with van der Waals surface area (Å²) in [4.78, 5) is 0. The molecule has 0 amide bonds. The maximum atomic E-state index is 5.89. The average Bonchev–Trinajstić information content (AvgIpc) is 2.11. The van der Waals surface area contributed by atoms with Crippen LogP contribution in [0.3, 0.4) is 0 Å². The second-order valence-electron chi connectivity index (χ2n) is 3.63. The van der Waals surface area contributed by atoms with Crippen molar-refractivity contribution in [1.29, 1.82) is 0 Å². The molecule has 1 nitrogen and oxygen atoms in total. The van der Waals surface area contributed by atoms with Gasteiger partial charge in [-0.1, -0.05) is 45.6 Å². The Morgan fingerprint density at radius 1 is 1.31 bits per heavy atom. The van der Waals surface area contributed by atoms with Crippen LogP contribution in [-0.4, -0.2) is 0 Å². The molecule has 1 unspecified atom stereocenters. The second kappa shape index (κ2) is 5.63. The van der Waals surface area contributed by atoms with Gasteiger partial charge in [-0.15, -0.1) is 0 Å². The average molecular weight is 179 g/mol. The van der Waals surface area contributed by atoms with Crippen LogP contribution in [0, 0.1) is 11.8 Å². The van der Waals surface area contributed by atoms with E-state index >= 15 is 0 Å². The number of rotatable bonds is 4. The maximum Gasteiger partial charge on any atom is 0.0306 e. The number of nitrogens with two attached hydrogens (primary N) is 1. The van der Waals surface area contributed by atoms with Crippen LogP contribution >= 0.6 is 0 Å². The Labute approximate surface area is 82.0 Å². The summed E-state index contributed by atoms with van der Waals surface area (Å²) in [6, 6.07) is 0. The van der Waals surface area contributed by atoms with Crippen molar-refractivity contribution in [1.82, 2.24) is 0 Å². The topological polar surface area (TPSA) is 26.0 Å².